The van der Waals surface area contributed by atoms with Gasteiger partial charge in [0.2, 0.25) is 5.91 Å². The zero-order valence-corrected chi connectivity index (χ0v) is 16.3. The quantitative estimate of drug-likeness (QED) is 0.537. The average Bonchev–Trinajstić information content (AvgIpc) is 2.63. The first-order chi connectivity index (χ1) is 12.0. The number of rotatable bonds is 3. The summed E-state index contributed by atoms with van der Waals surface area (Å²) in [5, 5.41) is 0. The first-order valence-corrected chi connectivity index (χ1v) is 9.12. The van der Waals surface area contributed by atoms with Gasteiger partial charge in [0.25, 0.3) is 5.91 Å². The van der Waals surface area contributed by atoms with Gasteiger partial charge in [-0.15, -0.1) is 0 Å². The summed E-state index contributed by atoms with van der Waals surface area (Å²) in [6, 6.07) is 17.1. The van der Waals surface area contributed by atoms with Gasteiger partial charge in [0.05, 0.1) is 0 Å². The van der Waals surface area contributed by atoms with Gasteiger partial charge in [-0.05, 0) is 45.9 Å². The molecule has 1 saturated heterocycles. The first kappa shape index (κ1) is 17.7. The molecule has 4 nitrogen and oxygen atoms in total. The number of nitrogens with zero attached hydrogens (tertiary/aromatic N) is 2. The Kier molecular flexibility index (Phi) is 5.22. The van der Waals surface area contributed by atoms with E-state index < -0.39 is 6.04 Å². The van der Waals surface area contributed by atoms with Crippen LogP contribution in [-0.4, -0.2) is 41.8 Å². The molecule has 3 rings (SSSR count). The van der Waals surface area contributed by atoms with E-state index in [1.165, 1.54) is 4.90 Å². The lowest BCUT2D eigenvalue weighted by Crippen LogP contribution is -2.56. The molecule has 0 aromatic heterocycles. The second-order valence-electron chi connectivity index (χ2n) is 6.07. The minimum Gasteiger partial charge on any atom is -0.328 e. The third kappa shape index (κ3) is 3.61. The molecule has 1 unspecified atom stereocenters. The Balaban J connectivity index is 1.91. The molecule has 1 atom stereocenters. The lowest BCUT2D eigenvalue weighted by atomic mass is 10.00. The van der Waals surface area contributed by atoms with Crippen molar-refractivity contribution < 1.29 is 9.59 Å². The molecule has 1 aliphatic rings. The second-order valence-corrected chi connectivity index (χ2v) is 7.23. The molecular weight excluding hydrogens is 427 g/mol. The third-order valence-electron chi connectivity index (χ3n) is 4.45. The number of piperazine rings is 1. The molecule has 1 aliphatic heterocycles. The van der Waals surface area contributed by atoms with Crippen LogP contribution in [0.5, 0.6) is 0 Å². The van der Waals surface area contributed by atoms with E-state index in [9.17, 15) is 9.59 Å². The molecule has 2 aromatic carbocycles. The number of carbonyl (C=O) groups is 2. The Bertz CT molecular complexity index is 833. The van der Waals surface area contributed by atoms with Crippen LogP contribution in [0, 0.1) is 3.57 Å². The molecule has 128 valence electrons. The normalized spacial score (nSPS) is 19.6. The van der Waals surface area contributed by atoms with Gasteiger partial charge < -0.3 is 9.80 Å². The van der Waals surface area contributed by atoms with Crippen LogP contribution in [0.15, 0.2) is 60.3 Å². The van der Waals surface area contributed by atoms with Gasteiger partial charge >= 0.3 is 0 Å². The summed E-state index contributed by atoms with van der Waals surface area (Å²) < 4.78 is 1.04. The lowest BCUT2D eigenvalue weighted by molar-refractivity contribution is -0.148. The van der Waals surface area contributed by atoms with Crippen molar-refractivity contribution in [2.45, 2.75) is 12.5 Å². The maximum Gasteiger partial charge on any atom is 0.271 e. The van der Waals surface area contributed by atoms with Crippen molar-refractivity contribution in [3.8, 4) is 0 Å². The summed E-state index contributed by atoms with van der Waals surface area (Å²) >= 11 is 2.23. The molecule has 2 amide bonds. The number of amides is 2. The number of hydrogen-bond donors (Lipinski definition) is 0. The van der Waals surface area contributed by atoms with E-state index in [1.807, 2.05) is 54.6 Å². The highest BCUT2D eigenvalue weighted by molar-refractivity contribution is 14.1. The summed E-state index contributed by atoms with van der Waals surface area (Å²) in [6.45, 7) is 0. The van der Waals surface area contributed by atoms with E-state index >= 15 is 0 Å². The van der Waals surface area contributed by atoms with E-state index in [1.54, 1.807) is 25.1 Å². The molecule has 0 N–H and O–H groups in total. The van der Waals surface area contributed by atoms with Gasteiger partial charge in [0.15, 0.2) is 0 Å². The van der Waals surface area contributed by atoms with Crippen molar-refractivity contribution in [2.75, 3.05) is 14.1 Å². The molecular formula is C20H19IN2O2. The van der Waals surface area contributed by atoms with E-state index in [4.69, 9.17) is 0 Å². The van der Waals surface area contributed by atoms with Crippen molar-refractivity contribution in [3.63, 3.8) is 0 Å². The molecule has 1 fully saturated rings. The highest BCUT2D eigenvalue weighted by Crippen LogP contribution is 2.24. The molecule has 2 aromatic rings. The molecule has 0 spiro atoms. The van der Waals surface area contributed by atoms with Crippen LogP contribution in [0.2, 0.25) is 0 Å². The minimum absolute atomic E-state index is 0.0665. The maximum absolute atomic E-state index is 12.9. The van der Waals surface area contributed by atoms with Crippen LogP contribution < -0.4 is 0 Å². The Morgan fingerprint density at radius 3 is 2.32 bits per heavy atom. The second kappa shape index (κ2) is 7.39. The van der Waals surface area contributed by atoms with E-state index in [0.29, 0.717) is 12.1 Å². The summed E-state index contributed by atoms with van der Waals surface area (Å²) in [5.41, 5.74) is 2.38. The number of likely N-dealkylation sites (N-methyl/N-ethyl adjacent to an activating group) is 2. The predicted molar refractivity (Wildman–Crippen MR) is 107 cm³/mol. The fourth-order valence-corrected chi connectivity index (χ4v) is 3.48. The third-order valence-corrected chi connectivity index (χ3v) is 5.44. The minimum atomic E-state index is -0.480. The van der Waals surface area contributed by atoms with Crippen molar-refractivity contribution >= 4 is 40.5 Å². The smallest absolute Gasteiger partial charge is 0.271 e. The summed E-state index contributed by atoms with van der Waals surface area (Å²) in [7, 11) is 3.37. The number of hydrogen-bond acceptors (Lipinski definition) is 2. The zero-order chi connectivity index (χ0) is 18.0. The molecule has 0 saturated carbocycles. The van der Waals surface area contributed by atoms with Crippen molar-refractivity contribution in [1.29, 1.82) is 0 Å². The topological polar surface area (TPSA) is 40.6 Å². The van der Waals surface area contributed by atoms with Crippen LogP contribution >= 0.6 is 22.6 Å². The van der Waals surface area contributed by atoms with E-state index in [-0.39, 0.29) is 11.8 Å². The van der Waals surface area contributed by atoms with Gasteiger partial charge in [-0.1, -0.05) is 48.5 Å². The highest BCUT2D eigenvalue weighted by atomic mass is 127. The number of benzene rings is 2. The van der Waals surface area contributed by atoms with E-state index in [2.05, 4.69) is 22.6 Å². The van der Waals surface area contributed by atoms with Gasteiger partial charge in [0, 0.05) is 24.1 Å². The van der Waals surface area contributed by atoms with Crippen LogP contribution in [0.3, 0.4) is 0 Å². The van der Waals surface area contributed by atoms with Gasteiger partial charge in [-0.3, -0.25) is 9.59 Å². The van der Waals surface area contributed by atoms with Crippen LogP contribution in [0.4, 0.5) is 0 Å². The van der Waals surface area contributed by atoms with E-state index in [0.717, 1.165) is 14.7 Å². The Morgan fingerprint density at radius 2 is 1.64 bits per heavy atom. The molecule has 1 heterocycles. The Morgan fingerprint density at radius 1 is 1.00 bits per heavy atom. The van der Waals surface area contributed by atoms with Crippen molar-refractivity contribution in [2.24, 2.45) is 0 Å². The molecule has 0 aliphatic carbocycles. The first-order valence-electron chi connectivity index (χ1n) is 8.04. The summed E-state index contributed by atoms with van der Waals surface area (Å²) in [6.07, 6.45) is 2.31. The average molecular weight is 446 g/mol. The number of carbonyl (C=O) groups excluding carboxylic acids is 2. The van der Waals surface area contributed by atoms with Crippen LogP contribution in [0.25, 0.3) is 6.08 Å². The van der Waals surface area contributed by atoms with Gasteiger partial charge in [0.1, 0.15) is 11.7 Å². The predicted octanol–water partition coefficient (Wildman–Crippen LogP) is 3.17. The molecule has 0 bridgehead atoms. The summed E-state index contributed by atoms with van der Waals surface area (Å²) in [5.74, 6) is -0.203. The Labute approximate surface area is 161 Å². The van der Waals surface area contributed by atoms with Crippen molar-refractivity contribution in [1.82, 2.24) is 9.80 Å². The number of halogens is 1. The van der Waals surface area contributed by atoms with Crippen molar-refractivity contribution in [3.05, 3.63) is 75.0 Å². The maximum atomic E-state index is 12.9. The summed E-state index contributed by atoms with van der Waals surface area (Å²) in [4.78, 5) is 28.8. The standard InChI is InChI=1S/C20H19IN2O2/c1-22-17(12-14-8-4-3-5-9-14)19(24)23(2)18(20(22)25)13-15-10-6-7-11-16(15)21/h3-11,13,17H,12H2,1-2H3. The van der Waals surface area contributed by atoms with Gasteiger partial charge in [-0.25, -0.2) is 0 Å². The Hall–Kier alpha value is -2.15. The zero-order valence-electron chi connectivity index (χ0n) is 14.1. The van der Waals surface area contributed by atoms with Crippen LogP contribution in [0.1, 0.15) is 11.1 Å². The molecule has 5 heteroatoms. The molecule has 25 heavy (non-hydrogen) atoms. The SMILES string of the molecule is CN1C(=O)C(Cc2ccccc2)N(C)C(=O)C1=Cc1ccccc1I. The highest BCUT2D eigenvalue weighted by Gasteiger charge is 2.39. The lowest BCUT2D eigenvalue weighted by Gasteiger charge is -2.38. The largest absolute Gasteiger partial charge is 0.328 e. The van der Waals surface area contributed by atoms with Gasteiger partial charge in [-0.2, -0.15) is 0 Å². The fraction of sp³-hybridized carbons (Fsp3) is 0.200. The monoisotopic (exact) mass is 446 g/mol. The molecule has 0 radical (unpaired) electrons. The fourth-order valence-electron chi connectivity index (χ4n) is 2.93. The van der Waals surface area contributed by atoms with Crippen LogP contribution in [-0.2, 0) is 16.0 Å².